The van der Waals surface area contributed by atoms with Crippen molar-refractivity contribution < 1.29 is 5.11 Å². The van der Waals surface area contributed by atoms with Crippen molar-refractivity contribution in [1.82, 2.24) is 4.98 Å². The summed E-state index contributed by atoms with van der Waals surface area (Å²) in [5.41, 5.74) is 2.37. The van der Waals surface area contributed by atoms with Crippen LogP contribution in [0.5, 0.6) is 0 Å². The summed E-state index contributed by atoms with van der Waals surface area (Å²) in [6.45, 7) is 0.216. The van der Waals surface area contributed by atoms with E-state index in [9.17, 15) is 5.11 Å². The fourth-order valence-electron chi connectivity index (χ4n) is 2.06. The minimum absolute atomic E-state index is 0.216. The summed E-state index contributed by atoms with van der Waals surface area (Å²) in [6, 6.07) is 14.2. The molecule has 1 unspecified atom stereocenters. The van der Waals surface area contributed by atoms with Crippen molar-refractivity contribution in [2.45, 2.75) is 12.8 Å². The van der Waals surface area contributed by atoms with Crippen LogP contribution in [0.4, 0.5) is 0 Å². The zero-order valence-electron chi connectivity index (χ0n) is 11.5. The van der Waals surface area contributed by atoms with Gasteiger partial charge in [-0.15, -0.1) is 0 Å². The monoisotopic (exact) mass is 266 g/mol. The van der Waals surface area contributed by atoms with Gasteiger partial charge < -0.3 is 5.11 Å². The predicted molar refractivity (Wildman–Crippen MR) is 82.9 cm³/mol. The smallest absolute Gasteiger partial charge is 0.0436 e. The summed E-state index contributed by atoms with van der Waals surface area (Å²) in [5, 5.41) is 9.17. The number of aliphatic hydroxyl groups is 1. The molecule has 0 amide bonds. The van der Waals surface area contributed by atoms with E-state index in [4.69, 9.17) is 0 Å². The molecule has 2 aromatic rings. The van der Waals surface area contributed by atoms with Crippen LogP contribution in [-0.4, -0.2) is 16.7 Å². The van der Waals surface area contributed by atoms with Gasteiger partial charge in [0.15, 0.2) is 0 Å². The highest BCUT2D eigenvalue weighted by atomic mass is 16.3. The number of rotatable bonds is 7. The standard InChI is InChI=1S/C18H20NO/c20-15-12-17(7-6-16-4-2-1-3-5-16)8-9-18-10-13-19-14-11-18/h1-7,9-11,13-14,17,20H,8,12,15H2. The summed E-state index contributed by atoms with van der Waals surface area (Å²) < 4.78 is 0. The van der Waals surface area contributed by atoms with Crippen LogP contribution < -0.4 is 0 Å². The molecule has 0 fully saturated rings. The van der Waals surface area contributed by atoms with E-state index in [0.29, 0.717) is 5.92 Å². The van der Waals surface area contributed by atoms with E-state index in [2.05, 4.69) is 35.7 Å². The number of hydrogen-bond donors (Lipinski definition) is 1. The maximum absolute atomic E-state index is 9.17. The van der Waals surface area contributed by atoms with Crippen LogP contribution in [0.25, 0.3) is 6.08 Å². The first-order valence-electron chi connectivity index (χ1n) is 6.96. The number of aliphatic hydroxyl groups excluding tert-OH is 1. The molecule has 1 aromatic heterocycles. The molecule has 2 rings (SSSR count). The zero-order chi connectivity index (χ0) is 14.0. The third kappa shape index (κ3) is 4.98. The molecule has 2 nitrogen and oxygen atoms in total. The number of nitrogens with zero attached hydrogens (tertiary/aromatic N) is 1. The van der Waals surface area contributed by atoms with E-state index in [1.54, 1.807) is 12.4 Å². The van der Waals surface area contributed by atoms with Gasteiger partial charge in [-0.05, 0) is 48.4 Å². The Kier molecular flexibility index (Phi) is 6.00. The summed E-state index contributed by atoms with van der Waals surface area (Å²) in [6.07, 6.45) is 11.8. The average Bonchev–Trinajstić information content (AvgIpc) is 2.52. The summed E-state index contributed by atoms with van der Waals surface area (Å²) in [4.78, 5) is 4.01. The van der Waals surface area contributed by atoms with Gasteiger partial charge in [0.1, 0.15) is 0 Å². The molecule has 0 saturated carbocycles. The van der Waals surface area contributed by atoms with Crippen LogP contribution in [0.2, 0.25) is 0 Å². The minimum Gasteiger partial charge on any atom is -0.396 e. The highest BCUT2D eigenvalue weighted by Crippen LogP contribution is 2.17. The molecule has 2 heteroatoms. The molecular formula is C18H20NO. The van der Waals surface area contributed by atoms with Gasteiger partial charge in [0.2, 0.25) is 0 Å². The lowest BCUT2D eigenvalue weighted by molar-refractivity contribution is 0.269. The van der Waals surface area contributed by atoms with Crippen molar-refractivity contribution in [3.8, 4) is 0 Å². The Labute approximate surface area is 120 Å². The lowest BCUT2D eigenvalue weighted by Gasteiger charge is -2.11. The Morgan fingerprint density at radius 2 is 1.75 bits per heavy atom. The topological polar surface area (TPSA) is 33.1 Å². The fourth-order valence-corrected chi connectivity index (χ4v) is 2.06. The van der Waals surface area contributed by atoms with Crippen molar-refractivity contribution in [2.24, 2.45) is 5.92 Å². The van der Waals surface area contributed by atoms with Crippen LogP contribution in [-0.2, 0) is 0 Å². The van der Waals surface area contributed by atoms with Gasteiger partial charge in [-0.1, -0.05) is 42.5 Å². The van der Waals surface area contributed by atoms with Gasteiger partial charge in [-0.2, -0.15) is 0 Å². The molecular weight excluding hydrogens is 246 g/mol. The molecule has 0 spiro atoms. The van der Waals surface area contributed by atoms with E-state index < -0.39 is 0 Å². The maximum atomic E-state index is 9.17. The minimum atomic E-state index is 0.216. The molecule has 0 bridgehead atoms. The SMILES string of the molecule is OCCC(C=Cc1ccccc1)C[CH]c1ccncc1. The Morgan fingerprint density at radius 3 is 2.45 bits per heavy atom. The largest absolute Gasteiger partial charge is 0.396 e. The Bertz CT molecular complexity index is 507. The molecule has 0 saturated heterocycles. The number of hydrogen-bond acceptors (Lipinski definition) is 2. The molecule has 103 valence electrons. The van der Waals surface area contributed by atoms with Crippen molar-refractivity contribution in [3.63, 3.8) is 0 Å². The van der Waals surface area contributed by atoms with Gasteiger partial charge in [0.25, 0.3) is 0 Å². The molecule has 0 aliphatic heterocycles. The van der Waals surface area contributed by atoms with E-state index in [1.807, 2.05) is 30.3 Å². The highest BCUT2D eigenvalue weighted by molar-refractivity contribution is 5.49. The first kappa shape index (κ1) is 14.5. The first-order chi connectivity index (χ1) is 9.88. The molecule has 0 aliphatic carbocycles. The number of allylic oxidation sites excluding steroid dienone is 1. The van der Waals surface area contributed by atoms with Gasteiger partial charge in [0, 0.05) is 19.0 Å². The Balaban J connectivity index is 1.92. The maximum Gasteiger partial charge on any atom is 0.0436 e. The molecule has 20 heavy (non-hydrogen) atoms. The number of benzene rings is 1. The predicted octanol–water partition coefficient (Wildman–Crippen LogP) is 3.74. The number of pyridine rings is 1. The van der Waals surface area contributed by atoms with E-state index in [1.165, 1.54) is 11.1 Å². The van der Waals surface area contributed by atoms with Crippen LogP contribution in [0.15, 0.2) is 60.9 Å². The summed E-state index contributed by atoms with van der Waals surface area (Å²) in [5.74, 6) is 0.355. The van der Waals surface area contributed by atoms with Crippen molar-refractivity contribution >= 4 is 6.08 Å². The first-order valence-corrected chi connectivity index (χ1v) is 6.96. The summed E-state index contributed by atoms with van der Waals surface area (Å²) >= 11 is 0. The van der Waals surface area contributed by atoms with Crippen LogP contribution in [0.3, 0.4) is 0 Å². The highest BCUT2D eigenvalue weighted by Gasteiger charge is 2.05. The van der Waals surface area contributed by atoms with Crippen LogP contribution >= 0.6 is 0 Å². The Morgan fingerprint density at radius 1 is 1.00 bits per heavy atom. The van der Waals surface area contributed by atoms with Crippen molar-refractivity contribution in [1.29, 1.82) is 0 Å². The normalized spacial score (nSPS) is 12.7. The zero-order valence-corrected chi connectivity index (χ0v) is 11.5. The summed E-state index contributed by atoms with van der Waals surface area (Å²) in [7, 11) is 0. The quantitative estimate of drug-likeness (QED) is 0.828. The van der Waals surface area contributed by atoms with Crippen molar-refractivity contribution in [3.05, 3.63) is 78.5 Å². The van der Waals surface area contributed by atoms with Crippen molar-refractivity contribution in [2.75, 3.05) is 6.61 Å². The second kappa shape index (κ2) is 8.28. The van der Waals surface area contributed by atoms with Gasteiger partial charge in [0.05, 0.1) is 0 Å². The molecule has 1 radical (unpaired) electrons. The van der Waals surface area contributed by atoms with E-state index in [0.717, 1.165) is 12.8 Å². The van der Waals surface area contributed by atoms with Gasteiger partial charge >= 0.3 is 0 Å². The fraction of sp³-hybridized carbons (Fsp3) is 0.222. The molecule has 1 N–H and O–H groups in total. The second-order valence-corrected chi connectivity index (χ2v) is 4.76. The van der Waals surface area contributed by atoms with Gasteiger partial charge in [-0.3, -0.25) is 4.98 Å². The molecule has 0 aliphatic rings. The molecule has 1 aromatic carbocycles. The number of aromatic nitrogens is 1. The average molecular weight is 266 g/mol. The van der Waals surface area contributed by atoms with Gasteiger partial charge in [-0.25, -0.2) is 0 Å². The Hall–Kier alpha value is -1.93. The lowest BCUT2D eigenvalue weighted by Crippen LogP contribution is -2.01. The molecule has 1 atom stereocenters. The lowest BCUT2D eigenvalue weighted by atomic mass is 9.96. The third-order valence-electron chi connectivity index (χ3n) is 3.22. The third-order valence-corrected chi connectivity index (χ3v) is 3.22. The van der Waals surface area contributed by atoms with Crippen LogP contribution in [0.1, 0.15) is 24.0 Å². The van der Waals surface area contributed by atoms with E-state index in [-0.39, 0.29) is 6.61 Å². The van der Waals surface area contributed by atoms with Crippen LogP contribution in [0, 0.1) is 12.3 Å². The second-order valence-electron chi connectivity index (χ2n) is 4.76. The van der Waals surface area contributed by atoms with E-state index >= 15 is 0 Å². The molecule has 1 heterocycles.